The van der Waals surface area contributed by atoms with Crippen molar-refractivity contribution in [3.05, 3.63) is 60.2 Å². The van der Waals surface area contributed by atoms with Crippen LogP contribution in [0.3, 0.4) is 0 Å². The Kier molecular flexibility index (Phi) is 5.87. The van der Waals surface area contributed by atoms with E-state index in [1.165, 1.54) is 0 Å². The smallest absolute Gasteiger partial charge is 0.415 e. The van der Waals surface area contributed by atoms with Crippen molar-refractivity contribution < 1.29 is 24.2 Å². The molecular formula is C22H25NO5. The average Bonchev–Trinajstić information content (AvgIpc) is 3.02. The molecule has 1 heterocycles. The highest BCUT2D eigenvalue weighted by Crippen LogP contribution is 2.40. The van der Waals surface area contributed by atoms with Crippen molar-refractivity contribution in [1.82, 2.24) is 4.90 Å². The first-order valence-corrected chi connectivity index (χ1v) is 9.37. The molecule has 1 fully saturated rings. The topological polar surface area (TPSA) is 76.1 Å². The molecule has 1 unspecified atom stereocenters. The standard InChI is InChI=1S/C22H25NO5/c1-3-27-20(25)19-14-23(21(26)28-18-7-5-4-6-8-18)15-22(19,2)13-16-9-11-17(24)12-10-16/h4-12,19,24H,3,13-15H2,1-2H3/t19-,22?/m1/s1. The van der Waals surface area contributed by atoms with Crippen LogP contribution in [0.5, 0.6) is 11.5 Å². The number of esters is 1. The Balaban J connectivity index is 1.78. The fraction of sp³-hybridized carbons (Fsp3) is 0.364. The molecule has 0 aromatic heterocycles. The second-order valence-electron chi connectivity index (χ2n) is 7.36. The molecule has 28 heavy (non-hydrogen) atoms. The molecule has 0 spiro atoms. The second-order valence-corrected chi connectivity index (χ2v) is 7.36. The minimum Gasteiger partial charge on any atom is -0.508 e. The number of rotatable bonds is 5. The van der Waals surface area contributed by atoms with Gasteiger partial charge in [-0.05, 0) is 43.2 Å². The number of amides is 1. The van der Waals surface area contributed by atoms with Gasteiger partial charge in [-0.2, -0.15) is 0 Å². The summed E-state index contributed by atoms with van der Waals surface area (Å²) in [7, 11) is 0. The number of carbonyl (C=O) groups is 2. The Morgan fingerprint density at radius 3 is 2.46 bits per heavy atom. The first-order valence-electron chi connectivity index (χ1n) is 9.37. The van der Waals surface area contributed by atoms with Crippen molar-refractivity contribution in [2.24, 2.45) is 11.3 Å². The van der Waals surface area contributed by atoms with Gasteiger partial charge in [0.25, 0.3) is 0 Å². The van der Waals surface area contributed by atoms with Crippen molar-refractivity contribution in [2.75, 3.05) is 19.7 Å². The molecule has 1 aliphatic heterocycles. The summed E-state index contributed by atoms with van der Waals surface area (Å²) < 4.78 is 10.7. The number of ether oxygens (including phenoxy) is 2. The molecule has 6 nitrogen and oxygen atoms in total. The van der Waals surface area contributed by atoms with Gasteiger partial charge in [0.1, 0.15) is 11.5 Å². The van der Waals surface area contributed by atoms with Crippen LogP contribution in [0.2, 0.25) is 0 Å². The molecule has 1 saturated heterocycles. The van der Waals surface area contributed by atoms with E-state index in [2.05, 4.69) is 0 Å². The number of phenols is 1. The maximum atomic E-state index is 12.6. The molecule has 0 bridgehead atoms. The molecule has 1 N–H and O–H groups in total. The fourth-order valence-corrected chi connectivity index (χ4v) is 3.71. The minimum atomic E-state index is -0.501. The first kappa shape index (κ1) is 19.7. The van der Waals surface area contributed by atoms with Crippen molar-refractivity contribution in [1.29, 1.82) is 0 Å². The summed E-state index contributed by atoms with van der Waals surface area (Å²) in [4.78, 5) is 26.8. The van der Waals surface area contributed by atoms with Crippen LogP contribution in [-0.2, 0) is 16.0 Å². The zero-order valence-corrected chi connectivity index (χ0v) is 16.1. The lowest BCUT2D eigenvalue weighted by Gasteiger charge is -2.29. The van der Waals surface area contributed by atoms with E-state index in [1.807, 2.05) is 25.1 Å². The summed E-state index contributed by atoms with van der Waals surface area (Å²) in [5.74, 6) is -0.106. The van der Waals surface area contributed by atoms with Gasteiger partial charge in [-0.3, -0.25) is 4.79 Å². The number of nitrogens with zero attached hydrogens (tertiary/aromatic N) is 1. The number of phenolic OH excluding ortho intramolecular Hbond substituents is 1. The van der Waals surface area contributed by atoms with Crippen molar-refractivity contribution in [3.63, 3.8) is 0 Å². The van der Waals surface area contributed by atoms with Crippen molar-refractivity contribution in [3.8, 4) is 11.5 Å². The molecular weight excluding hydrogens is 358 g/mol. The molecule has 6 heteroatoms. The monoisotopic (exact) mass is 383 g/mol. The van der Waals surface area contributed by atoms with Crippen LogP contribution in [0.15, 0.2) is 54.6 Å². The highest BCUT2D eigenvalue weighted by atomic mass is 16.6. The van der Waals surface area contributed by atoms with Gasteiger partial charge >= 0.3 is 12.1 Å². The van der Waals surface area contributed by atoms with E-state index in [9.17, 15) is 14.7 Å². The SMILES string of the molecule is CCOC(=O)[C@H]1CN(C(=O)Oc2ccccc2)CC1(C)Cc1ccc(O)cc1. The van der Waals surface area contributed by atoms with Crippen LogP contribution in [0.4, 0.5) is 4.79 Å². The molecule has 0 saturated carbocycles. The lowest BCUT2D eigenvalue weighted by molar-refractivity contribution is -0.150. The molecule has 148 valence electrons. The molecule has 2 aromatic rings. The van der Waals surface area contributed by atoms with Gasteiger partial charge in [-0.15, -0.1) is 0 Å². The maximum absolute atomic E-state index is 12.6. The average molecular weight is 383 g/mol. The molecule has 3 rings (SSSR count). The van der Waals surface area contributed by atoms with E-state index in [0.29, 0.717) is 25.3 Å². The number of likely N-dealkylation sites (tertiary alicyclic amines) is 1. The highest BCUT2D eigenvalue weighted by Gasteiger charge is 2.49. The number of hydrogen-bond acceptors (Lipinski definition) is 5. The molecule has 0 aliphatic carbocycles. The first-order chi connectivity index (χ1) is 13.4. The van der Waals surface area contributed by atoms with Crippen LogP contribution >= 0.6 is 0 Å². The molecule has 0 radical (unpaired) electrons. The summed E-state index contributed by atoms with van der Waals surface area (Å²) in [6.07, 6.45) is 0.0984. The van der Waals surface area contributed by atoms with Crippen molar-refractivity contribution in [2.45, 2.75) is 20.3 Å². The molecule has 2 aromatic carbocycles. The number of aromatic hydroxyl groups is 1. The zero-order chi connectivity index (χ0) is 20.1. The summed E-state index contributed by atoms with van der Waals surface area (Å²) in [5.41, 5.74) is 0.478. The highest BCUT2D eigenvalue weighted by molar-refractivity contribution is 5.77. The van der Waals surface area contributed by atoms with Crippen LogP contribution in [0.25, 0.3) is 0 Å². The number of benzene rings is 2. The zero-order valence-electron chi connectivity index (χ0n) is 16.1. The number of hydrogen-bond donors (Lipinski definition) is 1. The Morgan fingerprint density at radius 2 is 1.82 bits per heavy atom. The van der Waals surface area contributed by atoms with Crippen LogP contribution < -0.4 is 4.74 Å². The second kappa shape index (κ2) is 8.33. The third-order valence-electron chi connectivity index (χ3n) is 5.12. The Hall–Kier alpha value is -3.02. The van der Waals surface area contributed by atoms with Gasteiger partial charge in [-0.1, -0.05) is 37.3 Å². The van der Waals surface area contributed by atoms with E-state index in [0.717, 1.165) is 5.56 Å². The van der Waals surface area contributed by atoms with Crippen molar-refractivity contribution >= 4 is 12.1 Å². The Labute approximate surface area is 164 Å². The van der Waals surface area contributed by atoms with Gasteiger partial charge in [0, 0.05) is 18.5 Å². The fourth-order valence-electron chi connectivity index (χ4n) is 3.71. The summed E-state index contributed by atoms with van der Waals surface area (Å²) in [6, 6.07) is 15.8. The van der Waals surface area contributed by atoms with Crippen LogP contribution in [0, 0.1) is 11.3 Å². The summed E-state index contributed by atoms with van der Waals surface area (Å²) in [5, 5.41) is 9.50. The van der Waals surface area contributed by atoms with Crippen LogP contribution in [0.1, 0.15) is 19.4 Å². The van der Waals surface area contributed by atoms with Gasteiger partial charge < -0.3 is 19.5 Å². The summed E-state index contributed by atoms with van der Waals surface area (Å²) >= 11 is 0. The Morgan fingerprint density at radius 1 is 1.14 bits per heavy atom. The molecule has 1 aliphatic rings. The third kappa shape index (κ3) is 4.44. The van der Waals surface area contributed by atoms with E-state index in [4.69, 9.17) is 9.47 Å². The van der Waals surface area contributed by atoms with Gasteiger partial charge in [0.2, 0.25) is 0 Å². The lowest BCUT2D eigenvalue weighted by atomic mass is 9.75. The minimum absolute atomic E-state index is 0.190. The largest absolute Gasteiger partial charge is 0.508 e. The molecule has 2 atom stereocenters. The van der Waals surface area contributed by atoms with E-state index >= 15 is 0 Å². The number of carbonyl (C=O) groups excluding carboxylic acids is 2. The quantitative estimate of drug-likeness (QED) is 0.798. The number of para-hydroxylation sites is 1. The van der Waals surface area contributed by atoms with E-state index in [-0.39, 0.29) is 18.3 Å². The normalized spacial score (nSPS) is 21.4. The lowest BCUT2D eigenvalue weighted by Crippen LogP contribution is -2.35. The van der Waals surface area contributed by atoms with Gasteiger partial charge in [0.15, 0.2) is 0 Å². The van der Waals surface area contributed by atoms with Gasteiger partial charge in [-0.25, -0.2) is 4.79 Å². The predicted molar refractivity (Wildman–Crippen MR) is 104 cm³/mol. The van der Waals surface area contributed by atoms with E-state index < -0.39 is 17.4 Å². The summed E-state index contributed by atoms with van der Waals surface area (Å²) in [6.45, 7) is 4.67. The molecule has 1 amide bonds. The van der Waals surface area contributed by atoms with E-state index in [1.54, 1.807) is 48.2 Å². The predicted octanol–water partition coefficient (Wildman–Crippen LogP) is 3.63. The van der Waals surface area contributed by atoms with Gasteiger partial charge in [0.05, 0.1) is 12.5 Å². The van der Waals surface area contributed by atoms with Crippen LogP contribution in [-0.4, -0.2) is 41.8 Å². The Bertz CT molecular complexity index is 821. The third-order valence-corrected chi connectivity index (χ3v) is 5.12. The maximum Gasteiger partial charge on any atom is 0.415 e.